The van der Waals surface area contributed by atoms with Crippen molar-refractivity contribution in [3.05, 3.63) is 30.1 Å². The number of nitrogens with one attached hydrogen (secondary N) is 1. The molecule has 2 rings (SSSR count). The SMILES string of the molecule is C[C@@H](c1ccccn1)N1CCNCC1.Cl.Cl. The van der Waals surface area contributed by atoms with Crippen LogP contribution >= 0.6 is 24.8 Å². The Hall–Kier alpha value is -0.350. The maximum Gasteiger partial charge on any atom is 0.0572 e. The summed E-state index contributed by atoms with van der Waals surface area (Å²) in [6.07, 6.45) is 1.87. The molecule has 1 N–H and O–H groups in total. The van der Waals surface area contributed by atoms with E-state index in [0.717, 1.165) is 26.2 Å². The summed E-state index contributed by atoms with van der Waals surface area (Å²) in [5, 5.41) is 3.36. The average Bonchev–Trinajstić information content (AvgIpc) is 2.30. The standard InChI is InChI=1S/C11H17N3.2ClH/c1-10(11-4-2-3-5-13-11)14-8-6-12-7-9-14;;/h2-5,10,12H,6-9H2,1H3;2*1H/t10-;;/m0../s1. The highest BCUT2D eigenvalue weighted by molar-refractivity contribution is 5.85. The third-order valence-corrected chi connectivity index (χ3v) is 2.82. The first-order valence-electron chi connectivity index (χ1n) is 5.23. The van der Waals surface area contributed by atoms with E-state index in [1.165, 1.54) is 5.69 Å². The number of rotatable bonds is 2. The van der Waals surface area contributed by atoms with Crippen LogP contribution in [0.2, 0.25) is 0 Å². The Morgan fingerprint density at radius 2 is 1.94 bits per heavy atom. The first-order chi connectivity index (χ1) is 6.88. The predicted octanol–water partition coefficient (Wildman–Crippen LogP) is 1.89. The second kappa shape index (κ2) is 7.85. The molecule has 1 aromatic rings. The van der Waals surface area contributed by atoms with Gasteiger partial charge in [-0.3, -0.25) is 9.88 Å². The van der Waals surface area contributed by atoms with Crippen LogP contribution in [0.25, 0.3) is 0 Å². The number of piperazine rings is 1. The van der Waals surface area contributed by atoms with E-state index in [1.54, 1.807) is 0 Å². The van der Waals surface area contributed by atoms with Gasteiger partial charge in [0.1, 0.15) is 0 Å². The van der Waals surface area contributed by atoms with E-state index in [2.05, 4.69) is 34.3 Å². The van der Waals surface area contributed by atoms with Crippen molar-refractivity contribution in [1.29, 1.82) is 0 Å². The molecule has 0 aromatic carbocycles. The van der Waals surface area contributed by atoms with Gasteiger partial charge in [-0.05, 0) is 19.1 Å². The highest BCUT2D eigenvalue weighted by Gasteiger charge is 2.17. The van der Waals surface area contributed by atoms with E-state index < -0.39 is 0 Å². The molecule has 1 fully saturated rings. The fraction of sp³-hybridized carbons (Fsp3) is 0.545. The van der Waals surface area contributed by atoms with Crippen molar-refractivity contribution in [2.24, 2.45) is 0 Å². The van der Waals surface area contributed by atoms with Gasteiger partial charge in [-0.25, -0.2) is 0 Å². The minimum Gasteiger partial charge on any atom is -0.314 e. The summed E-state index contributed by atoms with van der Waals surface area (Å²) in [7, 11) is 0. The zero-order chi connectivity index (χ0) is 9.80. The Morgan fingerprint density at radius 1 is 1.25 bits per heavy atom. The van der Waals surface area contributed by atoms with E-state index in [-0.39, 0.29) is 24.8 Å². The lowest BCUT2D eigenvalue weighted by molar-refractivity contribution is 0.182. The first kappa shape index (κ1) is 15.7. The lowest BCUT2D eigenvalue weighted by atomic mass is 10.1. The topological polar surface area (TPSA) is 28.2 Å². The molecule has 2 heterocycles. The lowest BCUT2D eigenvalue weighted by Gasteiger charge is -2.32. The van der Waals surface area contributed by atoms with Gasteiger partial charge in [0.25, 0.3) is 0 Å². The molecule has 1 aliphatic rings. The minimum absolute atomic E-state index is 0. The van der Waals surface area contributed by atoms with E-state index in [0.29, 0.717) is 6.04 Å². The Bertz CT molecular complexity index is 276. The molecule has 1 saturated heterocycles. The van der Waals surface area contributed by atoms with Crippen molar-refractivity contribution in [3.8, 4) is 0 Å². The van der Waals surface area contributed by atoms with Gasteiger partial charge in [0, 0.05) is 38.4 Å². The molecule has 16 heavy (non-hydrogen) atoms. The fourth-order valence-electron chi connectivity index (χ4n) is 1.88. The van der Waals surface area contributed by atoms with Crippen LogP contribution in [0.5, 0.6) is 0 Å². The highest BCUT2D eigenvalue weighted by Crippen LogP contribution is 2.17. The molecule has 0 unspecified atom stereocenters. The van der Waals surface area contributed by atoms with Crippen LogP contribution in [-0.4, -0.2) is 36.1 Å². The van der Waals surface area contributed by atoms with E-state index in [9.17, 15) is 0 Å². The van der Waals surface area contributed by atoms with Crippen LogP contribution in [-0.2, 0) is 0 Å². The normalized spacial score (nSPS) is 18.1. The molecule has 1 atom stereocenters. The Balaban J connectivity index is 0.00000112. The molecule has 0 amide bonds. The molecule has 0 aliphatic carbocycles. The summed E-state index contributed by atoms with van der Waals surface area (Å²) in [6.45, 7) is 6.66. The third kappa shape index (κ3) is 3.91. The fourth-order valence-corrected chi connectivity index (χ4v) is 1.88. The molecular formula is C11H19Cl2N3. The van der Waals surface area contributed by atoms with E-state index >= 15 is 0 Å². The van der Waals surface area contributed by atoms with E-state index in [1.807, 2.05) is 12.3 Å². The zero-order valence-electron chi connectivity index (χ0n) is 9.43. The van der Waals surface area contributed by atoms with Crippen LogP contribution in [0.3, 0.4) is 0 Å². The number of hydrogen-bond donors (Lipinski definition) is 1. The Morgan fingerprint density at radius 3 is 2.50 bits per heavy atom. The molecule has 0 radical (unpaired) electrons. The zero-order valence-corrected chi connectivity index (χ0v) is 11.1. The van der Waals surface area contributed by atoms with Crippen LogP contribution in [0.4, 0.5) is 0 Å². The van der Waals surface area contributed by atoms with Gasteiger partial charge >= 0.3 is 0 Å². The summed E-state index contributed by atoms with van der Waals surface area (Å²) in [5.41, 5.74) is 1.18. The summed E-state index contributed by atoms with van der Waals surface area (Å²) in [6, 6.07) is 6.57. The van der Waals surface area contributed by atoms with Gasteiger partial charge in [-0.15, -0.1) is 24.8 Å². The van der Waals surface area contributed by atoms with Gasteiger partial charge in [0.15, 0.2) is 0 Å². The van der Waals surface area contributed by atoms with Crippen molar-refractivity contribution in [2.45, 2.75) is 13.0 Å². The molecule has 3 nitrogen and oxygen atoms in total. The molecule has 1 aromatic heterocycles. The smallest absolute Gasteiger partial charge is 0.0572 e. The van der Waals surface area contributed by atoms with Gasteiger partial charge in [0.05, 0.1) is 5.69 Å². The van der Waals surface area contributed by atoms with Crippen molar-refractivity contribution >= 4 is 24.8 Å². The van der Waals surface area contributed by atoms with E-state index in [4.69, 9.17) is 0 Å². The molecule has 0 bridgehead atoms. The number of pyridine rings is 1. The maximum absolute atomic E-state index is 4.39. The molecule has 0 spiro atoms. The number of hydrogen-bond acceptors (Lipinski definition) is 3. The van der Waals surface area contributed by atoms with Gasteiger partial charge in [0.2, 0.25) is 0 Å². The van der Waals surface area contributed by atoms with Crippen LogP contribution in [0.1, 0.15) is 18.7 Å². The molecule has 0 saturated carbocycles. The van der Waals surface area contributed by atoms with Gasteiger partial charge in [-0.1, -0.05) is 6.07 Å². The first-order valence-corrected chi connectivity index (χ1v) is 5.23. The largest absolute Gasteiger partial charge is 0.314 e. The van der Waals surface area contributed by atoms with Crippen molar-refractivity contribution < 1.29 is 0 Å². The monoisotopic (exact) mass is 263 g/mol. The highest BCUT2D eigenvalue weighted by atomic mass is 35.5. The van der Waals surface area contributed by atoms with Crippen LogP contribution in [0.15, 0.2) is 24.4 Å². The molecule has 5 heteroatoms. The average molecular weight is 264 g/mol. The summed E-state index contributed by atoms with van der Waals surface area (Å²) in [4.78, 5) is 6.86. The predicted molar refractivity (Wildman–Crippen MR) is 71.6 cm³/mol. The number of aromatic nitrogens is 1. The summed E-state index contributed by atoms with van der Waals surface area (Å²) < 4.78 is 0. The van der Waals surface area contributed by atoms with Crippen molar-refractivity contribution in [3.63, 3.8) is 0 Å². The van der Waals surface area contributed by atoms with Crippen LogP contribution < -0.4 is 5.32 Å². The van der Waals surface area contributed by atoms with Crippen molar-refractivity contribution in [1.82, 2.24) is 15.2 Å². The Labute approximate surface area is 109 Å². The number of halogens is 2. The lowest BCUT2D eigenvalue weighted by Crippen LogP contribution is -2.44. The van der Waals surface area contributed by atoms with Gasteiger partial charge in [-0.2, -0.15) is 0 Å². The second-order valence-electron chi connectivity index (χ2n) is 3.72. The second-order valence-corrected chi connectivity index (χ2v) is 3.72. The third-order valence-electron chi connectivity index (χ3n) is 2.82. The summed E-state index contributed by atoms with van der Waals surface area (Å²) in [5.74, 6) is 0. The maximum atomic E-state index is 4.39. The molecular weight excluding hydrogens is 245 g/mol. The Kier molecular flexibility index (Phi) is 7.68. The molecule has 92 valence electrons. The number of nitrogens with zero attached hydrogens (tertiary/aromatic N) is 2. The van der Waals surface area contributed by atoms with Gasteiger partial charge < -0.3 is 5.32 Å². The molecule has 1 aliphatic heterocycles. The van der Waals surface area contributed by atoms with Crippen molar-refractivity contribution in [2.75, 3.05) is 26.2 Å². The minimum atomic E-state index is 0. The van der Waals surface area contributed by atoms with Crippen LogP contribution in [0, 0.1) is 0 Å². The quantitative estimate of drug-likeness (QED) is 0.884. The summed E-state index contributed by atoms with van der Waals surface area (Å²) >= 11 is 0.